The van der Waals surface area contributed by atoms with E-state index < -0.39 is 89.1 Å². The zero-order chi connectivity index (χ0) is 27.8. The predicted octanol–water partition coefficient (Wildman–Crippen LogP) is 1.08. The number of allylic oxidation sites excluding steroid dienone is 2. The number of imide groups is 6. The van der Waals surface area contributed by atoms with Crippen LogP contribution < -0.4 is 16.2 Å². The van der Waals surface area contributed by atoms with Crippen molar-refractivity contribution in [2.24, 2.45) is 41.1 Å². The molecule has 3 fully saturated rings. The number of amides is 8. The molecule has 2 aliphatic heterocycles. The van der Waals surface area contributed by atoms with Gasteiger partial charge < -0.3 is 21.3 Å². The van der Waals surface area contributed by atoms with Crippen LogP contribution in [0.25, 0.3) is 0 Å². The topological polar surface area (TPSA) is 190 Å². The molecule has 200 valence electrons. The minimum absolute atomic E-state index is 0.0834. The third-order valence-electron chi connectivity index (χ3n) is 7.66. The van der Waals surface area contributed by atoms with Crippen LogP contribution in [0.2, 0.25) is 0 Å². The third kappa shape index (κ3) is 3.60. The van der Waals surface area contributed by atoms with E-state index in [0.29, 0.717) is 4.90 Å². The number of hydrogen-bond acceptors (Lipinski definition) is 8. The summed E-state index contributed by atoms with van der Waals surface area (Å²) in [5.41, 5.74) is 10.5. The Balaban J connectivity index is 1.67. The molecule has 15 heteroatoms. The van der Waals surface area contributed by atoms with Crippen molar-refractivity contribution in [1.82, 2.24) is 9.80 Å². The number of rotatable bonds is 2. The second kappa shape index (κ2) is 8.29. The van der Waals surface area contributed by atoms with Gasteiger partial charge in [-0.15, -0.1) is 13.2 Å². The SMILES string of the molecule is NC(=O)N1C(=O)[C@H]2[C@H](CC=C3[C@H]2C[C@H]2C(=O)N(C(N)=O)C(=O)[C@H]2[C@H]3c2cc(OC(F)(F)F)ccc2O)C1=O. The predicted molar refractivity (Wildman–Crippen MR) is 115 cm³/mol. The van der Waals surface area contributed by atoms with E-state index in [9.17, 15) is 47.0 Å². The summed E-state index contributed by atoms with van der Waals surface area (Å²) in [6.07, 6.45) is -3.86. The summed E-state index contributed by atoms with van der Waals surface area (Å²) in [6, 6.07) is -0.0532. The van der Waals surface area contributed by atoms with Gasteiger partial charge in [-0.25, -0.2) is 9.59 Å². The number of carbonyl (C=O) groups is 6. The number of benzene rings is 1. The Kier molecular flexibility index (Phi) is 5.50. The largest absolute Gasteiger partial charge is 0.573 e. The molecule has 0 unspecified atom stereocenters. The van der Waals surface area contributed by atoms with Crippen molar-refractivity contribution in [2.45, 2.75) is 25.1 Å². The standard InChI is InChI=1S/C23H19F3N4O8/c24-23(25,26)38-7-1-4-13(31)11(5-7)14-8-2-3-9-15(19(34)29(17(9)32)21(27)36)10(8)6-12-16(14)20(35)30(18(12)33)22(28)37/h1-2,4-5,9-10,12,14-16,31H,3,6H2,(H2,27,36)(H2,28,37)/t9-,10+,12+,14+,15-,16+/m0/s1. The molecule has 38 heavy (non-hydrogen) atoms. The number of nitrogens with zero attached hydrogens (tertiary/aromatic N) is 2. The Labute approximate surface area is 210 Å². The van der Waals surface area contributed by atoms with E-state index in [1.165, 1.54) is 6.08 Å². The van der Waals surface area contributed by atoms with Crippen LogP contribution in [0.15, 0.2) is 29.8 Å². The van der Waals surface area contributed by atoms with Crippen molar-refractivity contribution >= 4 is 35.7 Å². The van der Waals surface area contributed by atoms with E-state index in [4.69, 9.17) is 11.5 Å². The number of phenolic OH excluding ortho intramolecular Hbond substituents is 1. The maximum Gasteiger partial charge on any atom is 0.573 e. The lowest BCUT2D eigenvalue weighted by molar-refractivity contribution is -0.274. The molecular formula is C23H19F3N4O8. The number of primary amides is 2. The highest BCUT2D eigenvalue weighted by Gasteiger charge is 2.63. The first kappa shape index (κ1) is 25.2. The molecule has 5 rings (SSSR count). The van der Waals surface area contributed by atoms with Gasteiger partial charge in [-0.2, -0.15) is 9.80 Å². The molecule has 6 atom stereocenters. The smallest absolute Gasteiger partial charge is 0.508 e. The molecule has 2 saturated heterocycles. The fourth-order valence-corrected chi connectivity index (χ4v) is 6.35. The van der Waals surface area contributed by atoms with Crippen molar-refractivity contribution in [1.29, 1.82) is 0 Å². The summed E-state index contributed by atoms with van der Waals surface area (Å²) in [5, 5.41) is 10.7. The first-order chi connectivity index (χ1) is 17.7. The first-order valence-corrected chi connectivity index (χ1v) is 11.4. The minimum atomic E-state index is -5.08. The lowest BCUT2D eigenvalue weighted by atomic mass is 9.57. The zero-order valence-corrected chi connectivity index (χ0v) is 19.2. The van der Waals surface area contributed by atoms with Crippen molar-refractivity contribution in [3.8, 4) is 11.5 Å². The number of ether oxygens (including phenoxy) is 1. The van der Waals surface area contributed by atoms with E-state index in [-0.39, 0.29) is 28.9 Å². The Morgan fingerprint density at radius 2 is 1.47 bits per heavy atom. The lowest BCUT2D eigenvalue weighted by Crippen LogP contribution is -2.44. The van der Waals surface area contributed by atoms with Crippen LogP contribution >= 0.6 is 0 Å². The van der Waals surface area contributed by atoms with Crippen LogP contribution in [0, 0.1) is 29.6 Å². The van der Waals surface area contributed by atoms with E-state index in [0.717, 1.165) is 18.2 Å². The maximum absolute atomic E-state index is 13.3. The number of nitrogens with two attached hydrogens (primary N) is 2. The molecule has 0 radical (unpaired) electrons. The van der Waals surface area contributed by atoms with Crippen LogP contribution in [0.5, 0.6) is 11.5 Å². The first-order valence-electron chi connectivity index (χ1n) is 11.4. The van der Waals surface area contributed by atoms with E-state index >= 15 is 0 Å². The molecule has 1 saturated carbocycles. The number of carbonyl (C=O) groups excluding carboxylic acids is 6. The lowest BCUT2D eigenvalue weighted by Gasteiger charge is -2.44. The Morgan fingerprint density at radius 1 is 0.895 bits per heavy atom. The van der Waals surface area contributed by atoms with E-state index in [2.05, 4.69) is 4.74 Å². The monoisotopic (exact) mass is 536 g/mol. The van der Waals surface area contributed by atoms with Crippen molar-refractivity contribution in [2.75, 3.05) is 0 Å². The molecule has 1 aromatic carbocycles. The normalized spacial score (nSPS) is 30.6. The molecule has 0 aromatic heterocycles. The fraction of sp³-hybridized carbons (Fsp3) is 0.391. The van der Waals surface area contributed by atoms with Crippen LogP contribution in [0.1, 0.15) is 24.3 Å². The maximum atomic E-state index is 13.3. The highest BCUT2D eigenvalue weighted by molar-refractivity contribution is 6.18. The Bertz CT molecular complexity index is 1360. The summed E-state index contributed by atoms with van der Waals surface area (Å²) < 4.78 is 42.7. The van der Waals surface area contributed by atoms with Gasteiger partial charge in [0, 0.05) is 11.5 Å². The number of phenols is 1. The molecule has 0 bridgehead atoms. The van der Waals surface area contributed by atoms with E-state index in [1.807, 2.05) is 0 Å². The van der Waals surface area contributed by atoms with Gasteiger partial charge in [-0.3, -0.25) is 19.2 Å². The number of halogens is 3. The number of aromatic hydroxyl groups is 1. The van der Waals surface area contributed by atoms with Gasteiger partial charge >= 0.3 is 18.4 Å². The average molecular weight is 536 g/mol. The minimum Gasteiger partial charge on any atom is -0.508 e. The van der Waals surface area contributed by atoms with Crippen molar-refractivity contribution in [3.05, 3.63) is 35.4 Å². The number of likely N-dealkylation sites (tertiary alicyclic amines) is 2. The molecule has 4 aliphatic rings. The van der Waals surface area contributed by atoms with Crippen LogP contribution in [0.3, 0.4) is 0 Å². The number of alkyl halides is 3. The number of fused-ring (bicyclic) bond motifs is 4. The second-order valence-electron chi connectivity index (χ2n) is 9.49. The summed E-state index contributed by atoms with van der Waals surface area (Å²) >= 11 is 0. The van der Waals surface area contributed by atoms with Crippen molar-refractivity contribution < 1.29 is 51.8 Å². The van der Waals surface area contributed by atoms with Gasteiger partial charge in [0.25, 0.3) is 0 Å². The van der Waals surface area contributed by atoms with Crippen LogP contribution in [-0.2, 0) is 19.2 Å². The van der Waals surface area contributed by atoms with Gasteiger partial charge in [0.1, 0.15) is 11.5 Å². The van der Waals surface area contributed by atoms with Gasteiger partial charge in [0.05, 0.1) is 23.7 Å². The van der Waals surface area contributed by atoms with Crippen LogP contribution in [0.4, 0.5) is 22.8 Å². The highest BCUT2D eigenvalue weighted by atomic mass is 19.4. The highest BCUT2D eigenvalue weighted by Crippen LogP contribution is 2.59. The summed E-state index contributed by atoms with van der Waals surface area (Å²) in [7, 11) is 0. The van der Waals surface area contributed by atoms with Gasteiger partial charge in [0.15, 0.2) is 0 Å². The third-order valence-corrected chi connectivity index (χ3v) is 7.66. The van der Waals surface area contributed by atoms with Gasteiger partial charge in [-0.05, 0) is 37.0 Å². The molecule has 0 spiro atoms. The Morgan fingerprint density at radius 3 is 2.05 bits per heavy atom. The molecule has 1 aromatic rings. The zero-order valence-electron chi connectivity index (χ0n) is 19.2. The quantitative estimate of drug-likeness (QED) is 0.369. The number of hydrogen-bond donors (Lipinski definition) is 3. The average Bonchev–Trinajstić information content (AvgIpc) is 3.22. The summed E-state index contributed by atoms with van der Waals surface area (Å²) in [5.74, 6) is -12.1. The second-order valence-corrected chi connectivity index (χ2v) is 9.49. The molecular weight excluding hydrogens is 517 g/mol. The van der Waals surface area contributed by atoms with Gasteiger partial charge in [-0.1, -0.05) is 11.6 Å². The van der Waals surface area contributed by atoms with Gasteiger partial charge in [0.2, 0.25) is 23.6 Å². The summed E-state index contributed by atoms with van der Waals surface area (Å²) in [6.45, 7) is 0. The Hall–Kier alpha value is -4.43. The van der Waals surface area contributed by atoms with Crippen LogP contribution in [-0.4, -0.2) is 57.0 Å². The fourth-order valence-electron chi connectivity index (χ4n) is 6.35. The van der Waals surface area contributed by atoms with Crippen molar-refractivity contribution in [3.63, 3.8) is 0 Å². The molecule has 2 aliphatic carbocycles. The van der Waals surface area contributed by atoms with E-state index in [1.54, 1.807) is 0 Å². The summed E-state index contributed by atoms with van der Waals surface area (Å²) in [4.78, 5) is 76.5. The molecule has 2 heterocycles. The molecule has 5 N–H and O–H groups in total. The molecule has 12 nitrogen and oxygen atoms in total. The molecule has 8 amide bonds. The number of urea groups is 2.